The monoisotopic (exact) mass is 322 g/mol. The van der Waals surface area contributed by atoms with Crippen LogP contribution in [0, 0.1) is 5.92 Å². The number of carbonyl (C=O) groups excluding carboxylic acids is 1. The van der Waals surface area contributed by atoms with Gasteiger partial charge < -0.3 is 10.0 Å². The maximum atomic E-state index is 12.4. The van der Waals surface area contributed by atoms with Crippen LogP contribution in [0.1, 0.15) is 28.9 Å². The minimum absolute atomic E-state index is 0.00518. The van der Waals surface area contributed by atoms with Crippen LogP contribution in [0.5, 0.6) is 0 Å². The summed E-state index contributed by atoms with van der Waals surface area (Å²) in [6.45, 7) is 0.617. The van der Waals surface area contributed by atoms with Crippen LogP contribution in [0.15, 0.2) is 23.7 Å². The van der Waals surface area contributed by atoms with Gasteiger partial charge in [0.25, 0.3) is 5.91 Å². The lowest BCUT2D eigenvalue weighted by molar-refractivity contribution is 0.0697. The van der Waals surface area contributed by atoms with Crippen LogP contribution in [0.4, 0.5) is 0 Å². The maximum Gasteiger partial charge on any atom is 0.265 e. The zero-order chi connectivity index (χ0) is 14.8. The van der Waals surface area contributed by atoms with E-state index in [-0.39, 0.29) is 17.9 Å². The number of aromatic nitrogens is 1. The third kappa shape index (κ3) is 3.17. The SMILES string of the molecule is CN(C[C@@H]1CCC[C@@H]1O)C(=O)c1cnc(-c2cccs2)s1. The number of thiophene rings is 1. The number of thiazole rings is 1. The van der Waals surface area contributed by atoms with Crippen molar-refractivity contribution in [2.24, 2.45) is 5.92 Å². The fourth-order valence-corrected chi connectivity index (χ4v) is 4.45. The second-order valence-electron chi connectivity index (χ2n) is 5.45. The topological polar surface area (TPSA) is 53.4 Å². The number of aliphatic hydroxyl groups is 1. The molecule has 3 rings (SSSR count). The molecule has 0 aromatic carbocycles. The molecular weight excluding hydrogens is 304 g/mol. The molecule has 0 aliphatic heterocycles. The largest absolute Gasteiger partial charge is 0.393 e. The van der Waals surface area contributed by atoms with Crippen molar-refractivity contribution in [3.8, 4) is 9.88 Å². The van der Waals surface area contributed by atoms with E-state index in [1.54, 1.807) is 29.5 Å². The summed E-state index contributed by atoms with van der Waals surface area (Å²) in [4.78, 5) is 20.2. The molecule has 112 valence electrons. The van der Waals surface area contributed by atoms with Gasteiger partial charge in [0.2, 0.25) is 0 Å². The Labute approximate surface area is 132 Å². The molecule has 0 spiro atoms. The average molecular weight is 322 g/mol. The Balaban J connectivity index is 1.67. The summed E-state index contributed by atoms with van der Waals surface area (Å²) >= 11 is 3.06. The highest BCUT2D eigenvalue weighted by atomic mass is 32.1. The Hall–Kier alpha value is -1.24. The standard InChI is InChI=1S/C15H18N2O2S2/c1-17(9-10-4-2-5-11(10)18)15(19)13-8-16-14(21-13)12-6-3-7-20-12/h3,6-8,10-11,18H,2,4-5,9H2,1H3/t10-,11-/m0/s1. The average Bonchev–Trinajstić information content (AvgIpc) is 3.18. The predicted octanol–water partition coefficient (Wildman–Crippen LogP) is 3.10. The molecule has 4 nitrogen and oxygen atoms in total. The van der Waals surface area contributed by atoms with Gasteiger partial charge in [-0.25, -0.2) is 4.98 Å². The molecule has 1 amide bonds. The van der Waals surface area contributed by atoms with Gasteiger partial charge in [0.15, 0.2) is 0 Å². The van der Waals surface area contributed by atoms with Crippen molar-refractivity contribution in [3.05, 3.63) is 28.6 Å². The van der Waals surface area contributed by atoms with Gasteiger partial charge in [0, 0.05) is 19.5 Å². The predicted molar refractivity (Wildman–Crippen MR) is 85.7 cm³/mol. The van der Waals surface area contributed by atoms with Gasteiger partial charge in [-0.15, -0.1) is 22.7 Å². The van der Waals surface area contributed by atoms with Crippen LogP contribution in [0.25, 0.3) is 9.88 Å². The Morgan fingerprint density at radius 2 is 2.38 bits per heavy atom. The Morgan fingerprint density at radius 3 is 3.05 bits per heavy atom. The van der Waals surface area contributed by atoms with E-state index in [2.05, 4.69) is 4.98 Å². The molecule has 6 heteroatoms. The zero-order valence-electron chi connectivity index (χ0n) is 11.9. The van der Waals surface area contributed by atoms with E-state index in [1.807, 2.05) is 17.5 Å². The summed E-state index contributed by atoms with van der Waals surface area (Å²) in [5.74, 6) is 0.207. The summed E-state index contributed by atoms with van der Waals surface area (Å²) in [7, 11) is 1.80. The molecule has 2 aromatic rings. The Bertz CT molecular complexity index is 609. The minimum atomic E-state index is -0.261. The summed E-state index contributed by atoms with van der Waals surface area (Å²) < 4.78 is 0. The molecule has 2 heterocycles. The first-order chi connectivity index (χ1) is 10.1. The van der Waals surface area contributed by atoms with E-state index in [0.29, 0.717) is 11.4 Å². The van der Waals surface area contributed by atoms with Crippen LogP contribution in [0.3, 0.4) is 0 Å². The minimum Gasteiger partial charge on any atom is -0.393 e. The lowest BCUT2D eigenvalue weighted by atomic mass is 10.1. The molecule has 2 aromatic heterocycles. The third-order valence-electron chi connectivity index (χ3n) is 3.92. The van der Waals surface area contributed by atoms with E-state index in [4.69, 9.17) is 0 Å². The number of rotatable bonds is 4. The summed E-state index contributed by atoms with van der Waals surface area (Å²) in [6, 6.07) is 3.99. The van der Waals surface area contributed by atoms with Crippen LogP contribution >= 0.6 is 22.7 Å². The Kier molecular flexibility index (Phi) is 4.37. The highest BCUT2D eigenvalue weighted by Gasteiger charge is 2.28. The van der Waals surface area contributed by atoms with Gasteiger partial charge in [-0.3, -0.25) is 4.79 Å². The van der Waals surface area contributed by atoms with E-state index in [1.165, 1.54) is 11.3 Å². The van der Waals surface area contributed by atoms with Gasteiger partial charge in [0.1, 0.15) is 9.88 Å². The number of amides is 1. The van der Waals surface area contributed by atoms with Crippen LogP contribution in [0.2, 0.25) is 0 Å². The molecule has 1 saturated carbocycles. The van der Waals surface area contributed by atoms with E-state index < -0.39 is 0 Å². The zero-order valence-corrected chi connectivity index (χ0v) is 13.5. The normalized spacial score (nSPS) is 21.6. The lowest BCUT2D eigenvalue weighted by Gasteiger charge is -2.22. The first-order valence-corrected chi connectivity index (χ1v) is 8.78. The van der Waals surface area contributed by atoms with E-state index in [9.17, 15) is 9.90 Å². The molecule has 1 N–H and O–H groups in total. The molecule has 0 saturated heterocycles. The van der Waals surface area contributed by atoms with Gasteiger partial charge in [0.05, 0.1) is 17.2 Å². The molecule has 1 aliphatic rings. The second-order valence-corrected chi connectivity index (χ2v) is 7.43. The molecule has 1 fully saturated rings. The first-order valence-electron chi connectivity index (χ1n) is 7.08. The van der Waals surface area contributed by atoms with Crippen molar-refractivity contribution in [3.63, 3.8) is 0 Å². The summed E-state index contributed by atoms with van der Waals surface area (Å²) in [5.41, 5.74) is 0. The Morgan fingerprint density at radius 1 is 1.52 bits per heavy atom. The molecule has 2 atom stereocenters. The van der Waals surface area contributed by atoms with Gasteiger partial charge in [-0.1, -0.05) is 12.5 Å². The fraction of sp³-hybridized carbons (Fsp3) is 0.467. The van der Waals surface area contributed by atoms with Gasteiger partial charge in [-0.05, 0) is 24.3 Å². The first kappa shape index (κ1) is 14.7. The molecular formula is C15H18N2O2S2. The van der Waals surface area contributed by atoms with Crippen LogP contribution in [-0.4, -0.2) is 40.6 Å². The fourth-order valence-electron chi connectivity index (χ4n) is 2.74. The molecule has 0 unspecified atom stereocenters. The highest BCUT2D eigenvalue weighted by Crippen LogP contribution is 2.30. The second kappa shape index (κ2) is 6.25. The molecule has 21 heavy (non-hydrogen) atoms. The molecule has 1 aliphatic carbocycles. The van der Waals surface area contributed by atoms with Crippen molar-refractivity contribution in [2.75, 3.05) is 13.6 Å². The van der Waals surface area contributed by atoms with Crippen molar-refractivity contribution in [1.82, 2.24) is 9.88 Å². The van der Waals surface area contributed by atoms with Crippen LogP contribution in [-0.2, 0) is 0 Å². The number of hydrogen-bond donors (Lipinski definition) is 1. The highest BCUT2D eigenvalue weighted by molar-refractivity contribution is 7.21. The maximum absolute atomic E-state index is 12.4. The molecule has 0 bridgehead atoms. The van der Waals surface area contributed by atoms with E-state index >= 15 is 0 Å². The smallest absolute Gasteiger partial charge is 0.265 e. The van der Waals surface area contributed by atoms with Crippen molar-refractivity contribution in [2.45, 2.75) is 25.4 Å². The van der Waals surface area contributed by atoms with Crippen LogP contribution < -0.4 is 0 Å². The number of aliphatic hydroxyl groups excluding tert-OH is 1. The lowest BCUT2D eigenvalue weighted by Crippen LogP contribution is -2.34. The van der Waals surface area contributed by atoms with Gasteiger partial charge in [-0.2, -0.15) is 0 Å². The molecule has 0 radical (unpaired) electrons. The number of nitrogens with zero attached hydrogens (tertiary/aromatic N) is 2. The van der Waals surface area contributed by atoms with Crippen molar-refractivity contribution >= 4 is 28.6 Å². The van der Waals surface area contributed by atoms with Crippen molar-refractivity contribution < 1.29 is 9.90 Å². The summed E-state index contributed by atoms with van der Waals surface area (Å²) in [6.07, 6.45) is 4.31. The van der Waals surface area contributed by atoms with E-state index in [0.717, 1.165) is 29.1 Å². The number of hydrogen-bond acceptors (Lipinski definition) is 5. The third-order valence-corrected chi connectivity index (χ3v) is 5.95. The van der Waals surface area contributed by atoms with Gasteiger partial charge >= 0.3 is 0 Å². The van der Waals surface area contributed by atoms with Crippen molar-refractivity contribution in [1.29, 1.82) is 0 Å². The number of carbonyl (C=O) groups is 1. The summed E-state index contributed by atoms with van der Waals surface area (Å²) in [5, 5.41) is 12.8. The quantitative estimate of drug-likeness (QED) is 0.941.